The Kier molecular flexibility index (Phi) is 5.82. The van der Waals surface area contributed by atoms with Crippen molar-refractivity contribution in [1.29, 1.82) is 0 Å². The van der Waals surface area contributed by atoms with Gasteiger partial charge in [0.05, 0.1) is 0 Å². The van der Waals surface area contributed by atoms with Crippen LogP contribution in [0.3, 0.4) is 0 Å². The van der Waals surface area contributed by atoms with Gasteiger partial charge in [-0.25, -0.2) is 4.79 Å². The van der Waals surface area contributed by atoms with Crippen LogP contribution in [0.1, 0.15) is 24.3 Å². The van der Waals surface area contributed by atoms with E-state index in [2.05, 4.69) is 17.4 Å². The van der Waals surface area contributed by atoms with Gasteiger partial charge in [0.25, 0.3) is 0 Å². The van der Waals surface area contributed by atoms with Crippen molar-refractivity contribution in [2.45, 2.75) is 24.9 Å². The molecule has 0 radical (unpaired) electrons. The number of carboxylic acids is 1. The van der Waals surface area contributed by atoms with Crippen LogP contribution in [0.5, 0.6) is 0 Å². The van der Waals surface area contributed by atoms with Gasteiger partial charge in [0, 0.05) is 5.69 Å². The molecule has 0 aromatic heterocycles. The molecule has 1 aliphatic heterocycles. The third kappa shape index (κ3) is 5.48. The van der Waals surface area contributed by atoms with E-state index in [-0.39, 0.29) is 0 Å². The quantitative estimate of drug-likeness (QED) is 0.694. The predicted molar refractivity (Wildman–Crippen MR) is 69.4 cm³/mol. The highest BCUT2D eigenvalue weighted by Gasteiger charge is 2.38. The highest BCUT2D eigenvalue weighted by Crippen LogP contribution is 2.25. The molecule has 1 aromatic rings. The maximum absolute atomic E-state index is 10.6. The van der Waals surface area contributed by atoms with E-state index in [4.69, 9.17) is 15.6 Å². The molecule has 7 heteroatoms. The molecule has 0 spiro atoms. The summed E-state index contributed by atoms with van der Waals surface area (Å²) in [6.45, 7) is 2.30. The van der Waals surface area contributed by atoms with Gasteiger partial charge < -0.3 is 16.2 Å². The Labute approximate surface area is 114 Å². The topological polar surface area (TPSA) is 75.3 Å². The van der Waals surface area contributed by atoms with Crippen molar-refractivity contribution < 1.29 is 23.1 Å². The second-order valence-corrected chi connectivity index (χ2v) is 4.49. The molecule has 20 heavy (non-hydrogen) atoms. The van der Waals surface area contributed by atoms with Gasteiger partial charge in [-0.3, -0.25) is 0 Å². The van der Waals surface area contributed by atoms with E-state index in [1.807, 2.05) is 12.1 Å². The first-order valence-electron chi connectivity index (χ1n) is 6.17. The number of hydrogen-bond acceptors (Lipinski definition) is 3. The molecule has 0 bridgehead atoms. The van der Waals surface area contributed by atoms with Crippen LogP contribution in [-0.2, 0) is 4.79 Å². The Morgan fingerprint density at radius 1 is 1.20 bits per heavy atom. The zero-order chi connectivity index (χ0) is 15.2. The highest BCUT2D eigenvalue weighted by atomic mass is 19.4. The third-order valence-electron chi connectivity index (χ3n) is 2.99. The second-order valence-electron chi connectivity index (χ2n) is 4.49. The summed E-state index contributed by atoms with van der Waals surface area (Å²) in [5, 5.41) is 10.5. The lowest BCUT2D eigenvalue weighted by Crippen LogP contribution is -2.26. The van der Waals surface area contributed by atoms with Crippen LogP contribution < -0.4 is 11.1 Å². The van der Waals surface area contributed by atoms with Gasteiger partial charge >= 0.3 is 12.1 Å². The van der Waals surface area contributed by atoms with Crippen molar-refractivity contribution in [2.75, 3.05) is 18.8 Å². The number of piperidine rings is 1. The molecular weight excluding hydrogens is 273 g/mol. The van der Waals surface area contributed by atoms with Crippen molar-refractivity contribution in [3.63, 3.8) is 0 Å². The Bertz CT molecular complexity index is 426. The van der Waals surface area contributed by atoms with Gasteiger partial charge in [-0.15, -0.1) is 0 Å². The normalized spacial score (nSPS) is 16.1. The Balaban J connectivity index is 0.000000246. The van der Waals surface area contributed by atoms with Gasteiger partial charge in [0.2, 0.25) is 0 Å². The minimum absolute atomic E-state index is 0.738. The molecule has 1 fully saturated rings. The van der Waals surface area contributed by atoms with Crippen LogP contribution in [0.2, 0.25) is 0 Å². The number of rotatable bonds is 1. The Morgan fingerprint density at radius 2 is 1.65 bits per heavy atom. The molecule has 0 aliphatic carbocycles. The molecule has 1 aliphatic rings. The Morgan fingerprint density at radius 3 is 2.05 bits per heavy atom. The van der Waals surface area contributed by atoms with Crippen LogP contribution in [0, 0.1) is 0 Å². The van der Waals surface area contributed by atoms with E-state index in [9.17, 15) is 13.2 Å². The first kappa shape index (κ1) is 16.3. The molecule has 0 amide bonds. The number of nitrogens with two attached hydrogens (primary N) is 1. The molecule has 0 unspecified atom stereocenters. The lowest BCUT2D eigenvalue weighted by atomic mass is 9.90. The summed E-state index contributed by atoms with van der Waals surface area (Å²) in [5.41, 5.74) is 7.94. The number of carboxylic acid groups (broad SMARTS) is 1. The van der Waals surface area contributed by atoms with Gasteiger partial charge in [-0.2, -0.15) is 13.2 Å². The fraction of sp³-hybridized carbons (Fsp3) is 0.462. The first-order chi connectivity index (χ1) is 9.30. The molecule has 1 saturated heterocycles. The predicted octanol–water partition coefficient (Wildman–Crippen LogP) is 2.37. The Hall–Kier alpha value is -1.76. The van der Waals surface area contributed by atoms with E-state index in [0.29, 0.717) is 0 Å². The number of carbonyl (C=O) groups is 1. The highest BCUT2D eigenvalue weighted by molar-refractivity contribution is 5.73. The zero-order valence-corrected chi connectivity index (χ0v) is 10.8. The standard InChI is InChI=1S/C11H16N2.C2HF3O2/c12-11-3-1-9(2-4-11)10-5-7-13-8-6-10;3-2(4,5)1(6)7/h1-4,10,13H,5-8,12H2;(H,6,7). The zero-order valence-electron chi connectivity index (χ0n) is 10.8. The summed E-state index contributed by atoms with van der Waals surface area (Å²) >= 11 is 0. The molecule has 4 nitrogen and oxygen atoms in total. The summed E-state index contributed by atoms with van der Waals surface area (Å²) < 4.78 is 31.7. The molecule has 0 atom stereocenters. The van der Waals surface area contributed by atoms with Crippen molar-refractivity contribution >= 4 is 11.7 Å². The van der Waals surface area contributed by atoms with E-state index < -0.39 is 12.1 Å². The molecule has 4 N–H and O–H groups in total. The van der Waals surface area contributed by atoms with E-state index >= 15 is 0 Å². The maximum Gasteiger partial charge on any atom is 0.490 e. The summed E-state index contributed by atoms with van der Waals surface area (Å²) in [4.78, 5) is 8.90. The lowest BCUT2D eigenvalue weighted by molar-refractivity contribution is -0.192. The summed E-state index contributed by atoms with van der Waals surface area (Å²) in [7, 11) is 0. The number of nitrogens with one attached hydrogen (secondary N) is 1. The number of hydrogen-bond donors (Lipinski definition) is 3. The monoisotopic (exact) mass is 290 g/mol. The van der Waals surface area contributed by atoms with Crippen molar-refractivity contribution in [1.82, 2.24) is 5.32 Å². The van der Waals surface area contributed by atoms with Gasteiger partial charge in [-0.05, 0) is 49.5 Å². The maximum atomic E-state index is 10.6. The van der Waals surface area contributed by atoms with Crippen molar-refractivity contribution in [3.8, 4) is 0 Å². The number of aliphatic carboxylic acids is 1. The minimum atomic E-state index is -5.08. The van der Waals surface area contributed by atoms with Crippen LogP contribution >= 0.6 is 0 Å². The molecule has 0 saturated carbocycles. The lowest BCUT2D eigenvalue weighted by Gasteiger charge is -2.22. The average Bonchev–Trinajstić information content (AvgIpc) is 2.40. The summed E-state index contributed by atoms with van der Waals surface area (Å²) in [6.07, 6.45) is -2.58. The molecule has 1 aromatic carbocycles. The number of anilines is 1. The smallest absolute Gasteiger partial charge is 0.475 e. The van der Waals surface area contributed by atoms with Gasteiger partial charge in [-0.1, -0.05) is 12.1 Å². The largest absolute Gasteiger partial charge is 0.490 e. The van der Waals surface area contributed by atoms with Crippen LogP contribution in [0.15, 0.2) is 24.3 Å². The first-order valence-corrected chi connectivity index (χ1v) is 6.17. The SMILES string of the molecule is Nc1ccc(C2CCNCC2)cc1.O=C(O)C(F)(F)F. The average molecular weight is 290 g/mol. The number of halogens is 3. The van der Waals surface area contributed by atoms with Crippen LogP contribution in [-0.4, -0.2) is 30.3 Å². The number of nitrogen functional groups attached to an aromatic ring is 1. The molecule has 112 valence electrons. The van der Waals surface area contributed by atoms with E-state index in [1.165, 1.54) is 18.4 Å². The third-order valence-corrected chi connectivity index (χ3v) is 2.99. The van der Waals surface area contributed by atoms with Crippen molar-refractivity contribution in [3.05, 3.63) is 29.8 Å². The van der Waals surface area contributed by atoms with Crippen molar-refractivity contribution in [2.24, 2.45) is 0 Å². The summed E-state index contributed by atoms with van der Waals surface area (Å²) in [6, 6.07) is 8.31. The minimum Gasteiger partial charge on any atom is -0.475 e. The van der Waals surface area contributed by atoms with E-state index in [0.717, 1.165) is 24.7 Å². The van der Waals surface area contributed by atoms with E-state index in [1.54, 1.807) is 0 Å². The molecule has 1 heterocycles. The molecular formula is C13H17F3N2O2. The fourth-order valence-corrected chi connectivity index (χ4v) is 1.92. The van der Waals surface area contributed by atoms with Crippen LogP contribution in [0.25, 0.3) is 0 Å². The summed E-state index contributed by atoms with van der Waals surface area (Å²) in [5.74, 6) is -2.02. The number of benzene rings is 1. The fourth-order valence-electron chi connectivity index (χ4n) is 1.92. The second kappa shape index (κ2) is 7.14. The number of alkyl halides is 3. The molecule has 2 rings (SSSR count). The van der Waals surface area contributed by atoms with Gasteiger partial charge in [0.1, 0.15) is 0 Å². The van der Waals surface area contributed by atoms with Gasteiger partial charge in [0.15, 0.2) is 0 Å². The van der Waals surface area contributed by atoms with Crippen LogP contribution in [0.4, 0.5) is 18.9 Å².